The summed E-state index contributed by atoms with van der Waals surface area (Å²) in [5.41, 5.74) is 9.03. The van der Waals surface area contributed by atoms with E-state index in [-0.39, 0.29) is 18.5 Å². The van der Waals surface area contributed by atoms with Crippen LogP contribution in [0.15, 0.2) is 11.3 Å². The van der Waals surface area contributed by atoms with Crippen molar-refractivity contribution in [1.29, 1.82) is 0 Å². The van der Waals surface area contributed by atoms with E-state index in [1.165, 1.54) is 32.1 Å². The van der Waals surface area contributed by atoms with Gasteiger partial charge in [0, 0.05) is 17.5 Å². The first-order chi connectivity index (χ1) is 15.0. The van der Waals surface area contributed by atoms with Crippen molar-refractivity contribution in [1.82, 2.24) is 15.1 Å². The predicted molar refractivity (Wildman–Crippen MR) is 123 cm³/mol. The second kappa shape index (κ2) is 13.3. The third-order valence-electron chi connectivity index (χ3n) is 6.68. The maximum atomic E-state index is 13.1. The highest BCUT2D eigenvalue weighted by atomic mass is 16.5. The lowest BCUT2D eigenvalue weighted by atomic mass is 9.87. The molecule has 2 rings (SSSR count). The van der Waals surface area contributed by atoms with Gasteiger partial charge in [-0.1, -0.05) is 58.0 Å². The first-order valence-electron chi connectivity index (χ1n) is 12.0. The van der Waals surface area contributed by atoms with Crippen molar-refractivity contribution < 1.29 is 9.53 Å². The van der Waals surface area contributed by atoms with Crippen molar-refractivity contribution in [3.63, 3.8) is 0 Å². The Bertz CT molecular complexity index is 722. The largest absolute Gasteiger partial charge is 0.477 e. The molecule has 1 N–H and O–H groups in total. The van der Waals surface area contributed by atoms with Crippen molar-refractivity contribution >= 4 is 5.91 Å². The third-order valence-corrected chi connectivity index (χ3v) is 6.68. The second-order valence-electron chi connectivity index (χ2n) is 9.04. The van der Waals surface area contributed by atoms with Crippen LogP contribution in [0.2, 0.25) is 0 Å². The molecule has 1 heterocycles. The summed E-state index contributed by atoms with van der Waals surface area (Å²) in [6, 6.07) is 0.0734. The van der Waals surface area contributed by atoms with Crippen LogP contribution in [0.5, 0.6) is 5.88 Å². The molecule has 0 spiro atoms. The molecule has 1 fully saturated rings. The highest BCUT2D eigenvalue weighted by Crippen LogP contribution is 2.27. The van der Waals surface area contributed by atoms with Gasteiger partial charge >= 0.3 is 0 Å². The fraction of sp³-hybridized carbons (Fsp3) is 0.826. The first-order valence-corrected chi connectivity index (χ1v) is 12.0. The van der Waals surface area contributed by atoms with Crippen LogP contribution in [0.4, 0.5) is 0 Å². The predicted octanol–water partition coefficient (Wildman–Crippen LogP) is 5.73. The Kier molecular flexibility index (Phi) is 10.7. The molecule has 3 atom stereocenters. The fourth-order valence-corrected chi connectivity index (χ4v) is 4.39. The maximum Gasteiger partial charge on any atom is 0.258 e. The number of hydrogen-bond acceptors (Lipinski definition) is 4. The minimum Gasteiger partial charge on any atom is -0.477 e. The van der Waals surface area contributed by atoms with Crippen LogP contribution in [0.3, 0.4) is 0 Å². The van der Waals surface area contributed by atoms with Gasteiger partial charge in [0.25, 0.3) is 5.91 Å². The molecule has 3 unspecified atom stereocenters. The molecule has 1 aliphatic rings. The van der Waals surface area contributed by atoms with Gasteiger partial charge in [0.05, 0.1) is 19.3 Å². The molecule has 1 aromatic heterocycles. The first kappa shape index (κ1) is 25.1. The summed E-state index contributed by atoms with van der Waals surface area (Å²) in [5.74, 6) is 1.93. The number of hydrogen-bond donors (Lipinski definition) is 1. The van der Waals surface area contributed by atoms with E-state index in [2.05, 4.69) is 48.1 Å². The molecule has 174 valence electrons. The number of nitrogens with one attached hydrogen (secondary N) is 1. The number of carbonyl (C=O) groups is 1. The van der Waals surface area contributed by atoms with Crippen LogP contribution in [-0.4, -0.2) is 34.9 Å². The van der Waals surface area contributed by atoms with Gasteiger partial charge in [-0.15, -0.1) is 0 Å². The highest BCUT2D eigenvalue weighted by Gasteiger charge is 2.25. The van der Waals surface area contributed by atoms with Crippen molar-refractivity contribution in [2.45, 2.75) is 91.6 Å². The van der Waals surface area contributed by atoms with E-state index in [0.29, 0.717) is 42.3 Å². The Balaban J connectivity index is 2.10. The molecule has 1 amide bonds. The van der Waals surface area contributed by atoms with Crippen molar-refractivity contribution in [3.8, 4) is 5.88 Å². The normalized spacial score (nSPS) is 17.4. The molecule has 1 aliphatic carbocycles. The molecule has 0 aromatic carbocycles. The molecule has 0 saturated heterocycles. The summed E-state index contributed by atoms with van der Waals surface area (Å²) in [6.07, 6.45) is 11.0. The van der Waals surface area contributed by atoms with Crippen molar-refractivity contribution in [3.05, 3.63) is 22.2 Å². The van der Waals surface area contributed by atoms with Crippen LogP contribution in [-0.2, 0) is 6.54 Å². The number of ether oxygens (including phenoxy) is 1. The van der Waals surface area contributed by atoms with Gasteiger partial charge in [0.1, 0.15) is 5.56 Å². The van der Waals surface area contributed by atoms with Gasteiger partial charge in [-0.25, -0.2) is 4.68 Å². The zero-order valence-electron chi connectivity index (χ0n) is 19.7. The van der Waals surface area contributed by atoms with Crippen LogP contribution in [0, 0.1) is 17.8 Å². The van der Waals surface area contributed by atoms with Gasteiger partial charge in [-0.05, 0) is 49.5 Å². The minimum absolute atomic E-state index is 0.0734. The molecule has 31 heavy (non-hydrogen) atoms. The summed E-state index contributed by atoms with van der Waals surface area (Å²) in [6.45, 7) is 9.99. The van der Waals surface area contributed by atoms with Gasteiger partial charge < -0.3 is 10.1 Å². The average Bonchev–Trinajstić information content (AvgIpc) is 3.19. The van der Waals surface area contributed by atoms with Gasteiger partial charge in [-0.2, -0.15) is 5.10 Å². The van der Waals surface area contributed by atoms with Crippen LogP contribution < -0.4 is 10.1 Å². The van der Waals surface area contributed by atoms with E-state index in [0.717, 1.165) is 19.3 Å². The monoisotopic (exact) mass is 432 g/mol. The quantitative estimate of drug-likeness (QED) is 0.244. The SMILES string of the molecule is CCC(C)CC(CC)C(C)NC(=O)c1cnn(CCN=[N+]=[N-])c1OCC1CCCCC1. The van der Waals surface area contributed by atoms with E-state index in [9.17, 15) is 4.79 Å². The number of rotatable bonds is 13. The number of carbonyl (C=O) groups excluding carboxylic acids is 1. The topological polar surface area (TPSA) is 105 Å². The summed E-state index contributed by atoms with van der Waals surface area (Å²) in [7, 11) is 0. The van der Waals surface area contributed by atoms with E-state index in [4.69, 9.17) is 10.3 Å². The second-order valence-corrected chi connectivity index (χ2v) is 9.04. The highest BCUT2D eigenvalue weighted by molar-refractivity contribution is 5.96. The Morgan fingerprint density at radius 3 is 2.71 bits per heavy atom. The average molecular weight is 433 g/mol. The minimum atomic E-state index is -0.149. The fourth-order valence-electron chi connectivity index (χ4n) is 4.39. The summed E-state index contributed by atoms with van der Waals surface area (Å²) in [4.78, 5) is 15.9. The van der Waals surface area contributed by atoms with E-state index >= 15 is 0 Å². The number of amides is 1. The number of aromatic nitrogens is 2. The smallest absolute Gasteiger partial charge is 0.258 e. The zero-order valence-corrected chi connectivity index (χ0v) is 19.7. The Morgan fingerprint density at radius 1 is 1.32 bits per heavy atom. The Morgan fingerprint density at radius 2 is 2.06 bits per heavy atom. The lowest BCUT2D eigenvalue weighted by molar-refractivity contribution is 0.0914. The number of nitrogens with zero attached hydrogens (tertiary/aromatic N) is 5. The molecule has 0 radical (unpaired) electrons. The zero-order chi connectivity index (χ0) is 22.6. The molecule has 0 aliphatic heterocycles. The molecule has 0 bridgehead atoms. The van der Waals surface area contributed by atoms with E-state index < -0.39 is 0 Å². The maximum absolute atomic E-state index is 13.1. The van der Waals surface area contributed by atoms with Crippen LogP contribution in [0.1, 0.15) is 89.4 Å². The lowest BCUT2D eigenvalue weighted by Crippen LogP contribution is -2.38. The molecule has 8 nitrogen and oxygen atoms in total. The third kappa shape index (κ3) is 7.76. The number of azide groups is 1. The molecule has 1 saturated carbocycles. The molecular formula is C23H40N6O2. The summed E-state index contributed by atoms with van der Waals surface area (Å²) >= 11 is 0. The molecule has 8 heteroatoms. The Hall–Kier alpha value is -2.21. The van der Waals surface area contributed by atoms with Gasteiger partial charge in [0.15, 0.2) is 0 Å². The van der Waals surface area contributed by atoms with Crippen LogP contribution >= 0.6 is 0 Å². The summed E-state index contributed by atoms with van der Waals surface area (Å²) in [5, 5.41) is 11.1. The Labute approximate surface area is 186 Å². The van der Waals surface area contributed by atoms with Crippen molar-refractivity contribution in [2.24, 2.45) is 22.9 Å². The van der Waals surface area contributed by atoms with Crippen LogP contribution in [0.25, 0.3) is 10.4 Å². The molecular weight excluding hydrogens is 392 g/mol. The lowest BCUT2D eigenvalue weighted by Gasteiger charge is -2.26. The van der Waals surface area contributed by atoms with E-state index in [1.54, 1.807) is 10.9 Å². The molecule has 1 aromatic rings. The summed E-state index contributed by atoms with van der Waals surface area (Å²) < 4.78 is 7.80. The van der Waals surface area contributed by atoms with Crippen molar-refractivity contribution in [2.75, 3.05) is 13.2 Å². The van der Waals surface area contributed by atoms with Gasteiger partial charge in [-0.3, -0.25) is 4.79 Å². The van der Waals surface area contributed by atoms with Gasteiger partial charge in [0.2, 0.25) is 5.88 Å². The van der Waals surface area contributed by atoms with E-state index in [1.807, 2.05) is 0 Å². The standard InChI is InChI=1S/C23H40N6O2/c1-5-17(3)14-20(6-2)18(4)27-22(30)21-15-26-29(13-12-25-28-24)23(21)31-16-19-10-8-7-9-11-19/h15,17-20H,5-14,16H2,1-4H3,(H,27,30).